The van der Waals surface area contributed by atoms with Gasteiger partial charge in [0, 0.05) is 36.1 Å². The number of benzene rings is 2. The lowest BCUT2D eigenvalue weighted by Crippen LogP contribution is -2.21. The summed E-state index contributed by atoms with van der Waals surface area (Å²) in [6.07, 6.45) is 3.08. The first-order valence-corrected chi connectivity index (χ1v) is 11.5. The number of nitrogens with one attached hydrogen (secondary N) is 1. The third-order valence-electron chi connectivity index (χ3n) is 6.06. The molecule has 0 saturated carbocycles. The van der Waals surface area contributed by atoms with Gasteiger partial charge in [-0.05, 0) is 35.9 Å². The van der Waals surface area contributed by atoms with Gasteiger partial charge in [0.15, 0.2) is 6.67 Å². The standard InChI is InChI=1S/C27H21F4N5O2/c1-35-9-8-22(34-35)18-12-19(21(29)13-20(18)27(30,31)15-28)26(38)33-25-24(17-5-3-2-4-6-17)32-23-11-16(14-37)7-10-36(23)25/h2-13,37H,14-15H2,1H3,(H,33,38). The second-order valence-electron chi connectivity index (χ2n) is 8.64. The fraction of sp³-hybridized carbons (Fsp3) is 0.148. The largest absolute Gasteiger partial charge is 0.392 e. The first-order valence-electron chi connectivity index (χ1n) is 11.5. The van der Waals surface area contributed by atoms with Crippen molar-refractivity contribution in [3.63, 3.8) is 0 Å². The molecule has 0 fully saturated rings. The Labute approximate surface area is 214 Å². The SMILES string of the molecule is Cn1ccc(-c2cc(C(=O)Nc3c(-c4ccccc4)nc4cc(CO)ccn34)c(F)cc2C(F)(F)CF)n1. The number of hydrogen-bond acceptors (Lipinski definition) is 4. The van der Waals surface area contributed by atoms with E-state index in [1.807, 2.05) is 6.07 Å². The molecule has 5 aromatic rings. The van der Waals surface area contributed by atoms with E-state index in [1.165, 1.54) is 16.9 Å². The predicted molar refractivity (Wildman–Crippen MR) is 133 cm³/mol. The zero-order valence-corrected chi connectivity index (χ0v) is 20.0. The lowest BCUT2D eigenvalue weighted by molar-refractivity contribution is -0.0278. The minimum Gasteiger partial charge on any atom is -0.392 e. The molecular weight excluding hydrogens is 502 g/mol. The van der Waals surface area contributed by atoms with Gasteiger partial charge in [0.2, 0.25) is 0 Å². The second kappa shape index (κ2) is 9.75. The van der Waals surface area contributed by atoms with Crippen molar-refractivity contribution in [1.82, 2.24) is 19.2 Å². The molecule has 11 heteroatoms. The van der Waals surface area contributed by atoms with Crippen LogP contribution in [0.3, 0.4) is 0 Å². The van der Waals surface area contributed by atoms with E-state index in [1.54, 1.807) is 54.0 Å². The van der Waals surface area contributed by atoms with Gasteiger partial charge in [-0.3, -0.25) is 13.9 Å². The molecule has 1 amide bonds. The number of carbonyl (C=O) groups excluding carboxylic acids is 1. The van der Waals surface area contributed by atoms with Gasteiger partial charge in [-0.25, -0.2) is 13.8 Å². The molecule has 194 valence electrons. The van der Waals surface area contributed by atoms with Crippen molar-refractivity contribution in [3.05, 3.63) is 95.6 Å². The third-order valence-corrected chi connectivity index (χ3v) is 6.06. The van der Waals surface area contributed by atoms with Crippen LogP contribution in [0.1, 0.15) is 21.5 Å². The van der Waals surface area contributed by atoms with E-state index in [9.17, 15) is 23.1 Å². The van der Waals surface area contributed by atoms with Crippen LogP contribution in [0, 0.1) is 5.82 Å². The molecule has 0 unspecified atom stereocenters. The number of pyridine rings is 1. The van der Waals surface area contributed by atoms with Gasteiger partial charge < -0.3 is 10.4 Å². The normalized spacial score (nSPS) is 11.7. The number of anilines is 1. The topological polar surface area (TPSA) is 84.5 Å². The van der Waals surface area contributed by atoms with Crippen LogP contribution < -0.4 is 5.32 Å². The second-order valence-corrected chi connectivity index (χ2v) is 8.64. The quantitative estimate of drug-likeness (QED) is 0.282. The lowest BCUT2D eigenvalue weighted by Gasteiger charge is -2.18. The fourth-order valence-corrected chi connectivity index (χ4v) is 4.17. The van der Waals surface area contributed by atoms with Crippen LogP contribution in [0.5, 0.6) is 0 Å². The van der Waals surface area contributed by atoms with E-state index < -0.39 is 35.4 Å². The van der Waals surface area contributed by atoms with Gasteiger partial charge in [0.25, 0.3) is 5.91 Å². The molecule has 0 aliphatic rings. The zero-order chi connectivity index (χ0) is 27.0. The highest BCUT2D eigenvalue weighted by Crippen LogP contribution is 2.38. The molecular formula is C27H21F4N5O2. The Morgan fingerprint density at radius 3 is 2.50 bits per heavy atom. The number of fused-ring (bicyclic) bond motifs is 1. The van der Waals surface area contributed by atoms with Gasteiger partial charge in [-0.2, -0.15) is 13.9 Å². The smallest absolute Gasteiger partial charge is 0.301 e. The summed E-state index contributed by atoms with van der Waals surface area (Å²) in [6, 6.07) is 15.0. The first kappa shape index (κ1) is 25.2. The molecule has 5 rings (SSSR count). The number of aliphatic hydroxyl groups is 1. The first-order chi connectivity index (χ1) is 18.2. The minimum atomic E-state index is -3.99. The minimum absolute atomic E-state index is 0.0287. The number of hydrogen-bond donors (Lipinski definition) is 2. The van der Waals surface area contributed by atoms with Crippen molar-refractivity contribution < 1.29 is 27.5 Å². The number of alkyl halides is 3. The van der Waals surface area contributed by atoms with Crippen molar-refractivity contribution in [3.8, 4) is 22.5 Å². The third kappa shape index (κ3) is 4.52. The highest BCUT2D eigenvalue weighted by atomic mass is 19.3. The Hall–Kier alpha value is -4.51. The summed E-state index contributed by atoms with van der Waals surface area (Å²) in [6.45, 7) is -2.26. The molecule has 3 aromatic heterocycles. The number of aryl methyl sites for hydroxylation is 1. The summed E-state index contributed by atoms with van der Waals surface area (Å²) in [7, 11) is 1.56. The fourth-order valence-electron chi connectivity index (χ4n) is 4.17. The average molecular weight is 523 g/mol. The maximum absolute atomic E-state index is 15.1. The van der Waals surface area contributed by atoms with Crippen LogP contribution in [-0.2, 0) is 19.6 Å². The van der Waals surface area contributed by atoms with E-state index in [2.05, 4.69) is 15.4 Å². The van der Waals surface area contributed by atoms with E-state index in [0.29, 0.717) is 28.5 Å². The number of halogens is 4. The highest BCUT2D eigenvalue weighted by Gasteiger charge is 2.36. The number of aliphatic hydroxyl groups excluding tert-OH is 1. The lowest BCUT2D eigenvalue weighted by atomic mass is 9.96. The van der Waals surface area contributed by atoms with Crippen molar-refractivity contribution in [2.75, 3.05) is 12.0 Å². The molecule has 3 heterocycles. The maximum Gasteiger partial charge on any atom is 0.301 e. The number of imidazole rings is 1. The number of aromatic nitrogens is 4. The molecule has 2 aromatic carbocycles. The summed E-state index contributed by atoms with van der Waals surface area (Å²) in [5.41, 5.74) is 0.349. The molecule has 2 N–H and O–H groups in total. The predicted octanol–water partition coefficient (Wildman–Crippen LogP) is 5.35. The van der Waals surface area contributed by atoms with E-state index >= 15 is 4.39 Å². The number of amides is 1. The van der Waals surface area contributed by atoms with Crippen LogP contribution in [0.25, 0.3) is 28.2 Å². The Balaban J connectivity index is 1.63. The van der Waals surface area contributed by atoms with Gasteiger partial charge in [0.1, 0.15) is 23.0 Å². The van der Waals surface area contributed by atoms with Gasteiger partial charge >= 0.3 is 5.92 Å². The summed E-state index contributed by atoms with van der Waals surface area (Å²) >= 11 is 0. The molecule has 0 bridgehead atoms. The summed E-state index contributed by atoms with van der Waals surface area (Å²) < 4.78 is 60.1. The Morgan fingerprint density at radius 1 is 1.08 bits per heavy atom. The molecule has 0 radical (unpaired) electrons. The van der Waals surface area contributed by atoms with Crippen LogP contribution >= 0.6 is 0 Å². The average Bonchev–Trinajstić information content (AvgIpc) is 3.52. The van der Waals surface area contributed by atoms with E-state index in [0.717, 1.165) is 6.07 Å². The van der Waals surface area contributed by atoms with E-state index in [-0.39, 0.29) is 23.7 Å². The number of nitrogens with zero attached hydrogens (tertiary/aromatic N) is 4. The number of rotatable bonds is 7. The van der Waals surface area contributed by atoms with Crippen LogP contribution in [0.4, 0.5) is 23.4 Å². The monoisotopic (exact) mass is 523 g/mol. The van der Waals surface area contributed by atoms with Crippen LogP contribution in [0.15, 0.2) is 73.1 Å². The van der Waals surface area contributed by atoms with Crippen LogP contribution in [-0.4, -0.2) is 36.9 Å². The van der Waals surface area contributed by atoms with E-state index in [4.69, 9.17) is 0 Å². The molecule has 0 atom stereocenters. The molecule has 0 spiro atoms. The molecule has 0 aliphatic carbocycles. The van der Waals surface area contributed by atoms with Gasteiger partial charge in [-0.1, -0.05) is 30.3 Å². The van der Waals surface area contributed by atoms with Crippen LogP contribution in [0.2, 0.25) is 0 Å². The van der Waals surface area contributed by atoms with Crippen molar-refractivity contribution in [1.29, 1.82) is 0 Å². The summed E-state index contributed by atoms with van der Waals surface area (Å²) in [4.78, 5) is 18.0. The Kier molecular flexibility index (Phi) is 6.45. The Bertz CT molecular complexity index is 1650. The number of carbonyl (C=O) groups is 1. The molecule has 38 heavy (non-hydrogen) atoms. The summed E-state index contributed by atoms with van der Waals surface area (Å²) in [5, 5.41) is 16.2. The highest BCUT2D eigenvalue weighted by molar-refractivity contribution is 6.06. The molecule has 7 nitrogen and oxygen atoms in total. The van der Waals surface area contributed by atoms with Gasteiger partial charge in [0.05, 0.1) is 17.9 Å². The van der Waals surface area contributed by atoms with Crippen molar-refractivity contribution in [2.45, 2.75) is 12.5 Å². The molecule has 0 aliphatic heterocycles. The molecule has 0 saturated heterocycles. The Morgan fingerprint density at radius 2 is 1.84 bits per heavy atom. The maximum atomic E-state index is 15.1. The summed E-state index contributed by atoms with van der Waals surface area (Å²) in [5.74, 6) is -5.96. The van der Waals surface area contributed by atoms with Crippen molar-refractivity contribution in [2.24, 2.45) is 7.05 Å². The van der Waals surface area contributed by atoms with Crippen molar-refractivity contribution >= 4 is 17.4 Å². The van der Waals surface area contributed by atoms with Gasteiger partial charge in [-0.15, -0.1) is 0 Å². The zero-order valence-electron chi connectivity index (χ0n) is 20.0.